The van der Waals surface area contributed by atoms with E-state index in [0.717, 1.165) is 16.5 Å². The van der Waals surface area contributed by atoms with Gasteiger partial charge in [0.15, 0.2) is 5.60 Å². The zero-order valence-electron chi connectivity index (χ0n) is 32.7. The second kappa shape index (κ2) is 14.6. The minimum atomic E-state index is -2.01. The monoisotopic (exact) mass is 763 g/mol. The van der Waals surface area contributed by atoms with E-state index in [2.05, 4.69) is 10.6 Å². The van der Waals surface area contributed by atoms with Gasteiger partial charge in [0.2, 0.25) is 5.91 Å². The van der Waals surface area contributed by atoms with Crippen molar-refractivity contribution in [3.8, 4) is 11.4 Å². The third kappa shape index (κ3) is 7.95. The van der Waals surface area contributed by atoms with Crippen molar-refractivity contribution in [2.45, 2.75) is 117 Å². The van der Waals surface area contributed by atoms with E-state index in [-0.39, 0.29) is 69.2 Å². The summed E-state index contributed by atoms with van der Waals surface area (Å²) in [4.78, 5) is 72.0. The Labute approximate surface area is 318 Å². The summed E-state index contributed by atoms with van der Waals surface area (Å²) >= 11 is 0. The molecule has 3 aliphatic rings. The summed E-state index contributed by atoms with van der Waals surface area (Å²) in [7, 11) is 0. The van der Waals surface area contributed by atoms with Crippen LogP contribution in [0.1, 0.15) is 107 Å². The molecular formula is C40H50FN5O9. The molecule has 2 aromatic heterocycles. The Hall–Kier alpha value is -4.89. The normalized spacial score (nSPS) is 18.7. The van der Waals surface area contributed by atoms with E-state index < -0.39 is 52.3 Å². The molecule has 4 heterocycles. The molecule has 0 saturated carbocycles. The van der Waals surface area contributed by atoms with E-state index in [4.69, 9.17) is 19.2 Å². The first kappa shape index (κ1) is 39.8. The van der Waals surface area contributed by atoms with Crippen molar-refractivity contribution in [2.75, 3.05) is 26.2 Å². The van der Waals surface area contributed by atoms with Gasteiger partial charge in [0.1, 0.15) is 23.6 Å². The zero-order valence-corrected chi connectivity index (χ0v) is 32.7. The molecule has 1 aromatic carbocycles. The van der Waals surface area contributed by atoms with Gasteiger partial charge in [-0.3, -0.25) is 19.3 Å². The van der Waals surface area contributed by atoms with Crippen LogP contribution in [0.2, 0.25) is 0 Å². The average Bonchev–Trinajstić information content (AvgIpc) is 3.45. The molecule has 15 heteroatoms. The van der Waals surface area contributed by atoms with Gasteiger partial charge in [-0.05, 0) is 90.5 Å². The molecule has 2 aliphatic heterocycles. The number of esters is 2. The number of carbonyl (C=O) groups is 4. The van der Waals surface area contributed by atoms with Gasteiger partial charge in [-0.2, -0.15) is 0 Å². The van der Waals surface area contributed by atoms with Crippen LogP contribution < -0.4 is 16.2 Å². The van der Waals surface area contributed by atoms with E-state index in [0.29, 0.717) is 40.9 Å². The number of halogens is 1. The number of fused-ring (bicyclic) bond motifs is 5. The van der Waals surface area contributed by atoms with Crippen LogP contribution in [0, 0.1) is 12.7 Å². The number of nitrogens with one attached hydrogen (secondary N) is 2. The maximum atomic E-state index is 15.3. The van der Waals surface area contributed by atoms with E-state index in [1.807, 2.05) is 0 Å². The molecule has 0 radical (unpaired) electrons. The number of pyridine rings is 2. The largest absolute Gasteiger partial charge is 0.459 e. The fourth-order valence-electron chi connectivity index (χ4n) is 7.68. The predicted molar refractivity (Wildman–Crippen MR) is 200 cm³/mol. The Morgan fingerprint density at radius 3 is 2.45 bits per heavy atom. The second-order valence-corrected chi connectivity index (χ2v) is 16.5. The summed E-state index contributed by atoms with van der Waals surface area (Å²) in [6.45, 7) is 14.2. The number of amides is 2. The number of cyclic esters (lactones) is 1. The van der Waals surface area contributed by atoms with Crippen LogP contribution in [0.4, 0.5) is 9.18 Å². The van der Waals surface area contributed by atoms with Gasteiger partial charge in [-0.15, -0.1) is 0 Å². The molecule has 2 atom stereocenters. The highest BCUT2D eigenvalue weighted by Crippen LogP contribution is 2.46. The van der Waals surface area contributed by atoms with Gasteiger partial charge < -0.3 is 34.5 Å². The van der Waals surface area contributed by atoms with Crippen LogP contribution in [0.15, 0.2) is 16.9 Å². The smallest absolute Gasteiger partial charge is 0.407 e. The van der Waals surface area contributed by atoms with E-state index in [1.54, 1.807) is 66.4 Å². The van der Waals surface area contributed by atoms with Crippen molar-refractivity contribution in [2.24, 2.45) is 0 Å². The molecule has 0 unspecified atom stereocenters. The highest BCUT2D eigenvalue weighted by molar-refractivity contribution is 5.94. The summed E-state index contributed by atoms with van der Waals surface area (Å²) in [6.07, 6.45) is 0.328. The van der Waals surface area contributed by atoms with Crippen LogP contribution in [-0.4, -0.2) is 80.9 Å². The number of nitrogens with zero attached hydrogens (tertiary/aromatic N) is 3. The SMILES string of the molecule is CC[C@@]1(O)C(=O)OCc2c1cc1n(c2=O)Cc2c-1nc1cc(F)c(C)c3c1c2[C@@H](NC(=O)CCN(CCNC(=O)OC(C)(C)C)CC(=O)OC(C)(C)C)CC3. The fraction of sp³-hybridized carbons (Fsp3) is 0.550. The summed E-state index contributed by atoms with van der Waals surface area (Å²) in [5, 5.41) is 17.9. The second-order valence-electron chi connectivity index (χ2n) is 16.5. The van der Waals surface area contributed by atoms with Crippen LogP contribution in [0.25, 0.3) is 22.3 Å². The third-order valence-corrected chi connectivity index (χ3v) is 10.2. The summed E-state index contributed by atoms with van der Waals surface area (Å²) < 4.78 is 32.9. The molecule has 296 valence electrons. The number of aliphatic hydroxyl groups is 1. The summed E-state index contributed by atoms with van der Waals surface area (Å²) in [5.74, 6) is -2.03. The lowest BCUT2D eigenvalue weighted by Crippen LogP contribution is -2.44. The molecule has 6 rings (SSSR count). The number of rotatable bonds is 10. The first-order valence-electron chi connectivity index (χ1n) is 18.7. The zero-order chi connectivity index (χ0) is 40.2. The molecule has 3 N–H and O–H groups in total. The van der Waals surface area contributed by atoms with Gasteiger partial charge in [0.25, 0.3) is 5.56 Å². The number of hydrogen-bond donors (Lipinski definition) is 3. The van der Waals surface area contributed by atoms with Gasteiger partial charge in [0, 0.05) is 48.6 Å². The third-order valence-electron chi connectivity index (χ3n) is 10.2. The van der Waals surface area contributed by atoms with E-state index >= 15 is 4.39 Å². The lowest BCUT2D eigenvalue weighted by atomic mass is 9.81. The van der Waals surface area contributed by atoms with Crippen molar-refractivity contribution in [3.63, 3.8) is 0 Å². The van der Waals surface area contributed by atoms with E-state index in [9.17, 15) is 29.1 Å². The Morgan fingerprint density at radius 2 is 1.78 bits per heavy atom. The van der Waals surface area contributed by atoms with Gasteiger partial charge in [-0.25, -0.2) is 19.0 Å². The standard InChI is InChI=1S/C40H50FN5O9/c1-9-40(52)25-16-29-34-23(18-46(29)35(49)24(25)20-53-36(40)50)33-27(11-10-22-21(2)26(41)17-28(44-34)32(22)33)43-30(47)12-14-45(19-31(48)54-38(3,4)5)15-13-42-37(51)55-39(6,7)8/h16-17,27,52H,9-15,18-20H2,1-8H3,(H,42,51)(H,43,47)/t27-,40-/m0/s1. The molecule has 0 saturated heterocycles. The molecule has 0 bridgehead atoms. The summed E-state index contributed by atoms with van der Waals surface area (Å²) in [6, 6.07) is 2.45. The Morgan fingerprint density at radius 1 is 1.07 bits per heavy atom. The van der Waals surface area contributed by atoms with Gasteiger partial charge >= 0.3 is 18.0 Å². The maximum absolute atomic E-state index is 15.3. The number of aromatic nitrogens is 2. The molecule has 0 spiro atoms. The first-order valence-corrected chi connectivity index (χ1v) is 18.7. The van der Waals surface area contributed by atoms with Crippen LogP contribution >= 0.6 is 0 Å². The minimum absolute atomic E-state index is 0.00743. The van der Waals surface area contributed by atoms with Crippen molar-refractivity contribution < 1.29 is 42.9 Å². The van der Waals surface area contributed by atoms with Gasteiger partial charge in [-0.1, -0.05) is 6.92 Å². The minimum Gasteiger partial charge on any atom is -0.459 e. The molecule has 55 heavy (non-hydrogen) atoms. The lowest BCUT2D eigenvalue weighted by Gasteiger charge is -2.31. The molecule has 3 aromatic rings. The number of hydrogen-bond acceptors (Lipinski definition) is 11. The van der Waals surface area contributed by atoms with Crippen LogP contribution in [-0.2, 0) is 53.8 Å². The number of carbonyl (C=O) groups excluding carboxylic acids is 4. The number of ether oxygens (including phenoxy) is 3. The number of alkyl carbamates (subject to hydrolysis) is 1. The van der Waals surface area contributed by atoms with Crippen molar-refractivity contribution in [1.82, 2.24) is 25.1 Å². The molecule has 0 fully saturated rings. The molecule has 1 aliphatic carbocycles. The number of benzene rings is 1. The van der Waals surface area contributed by atoms with Crippen LogP contribution in [0.3, 0.4) is 0 Å². The fourth-order valence-corrected chi connectivity index (χ4v) is 7.68. The van der Waals surface area contributed by atoms with Gasteiger partial charge in [0.05, 0.1) is 41.6 Å². The van der Waals surface area contributed by atoms with Crippen molar-refractivity contribution >= 4 is 34.8 Å². The average molecular weight is 764 g/mol. The predicted octanol–water partition coefficient (Wildman–Crippen LogP) is 4.19. The lowest BCUT2D eigenvalue weighted by molar-refractivity contribution is -0.172. The Balaban J connectivity index is 1.29. The topological polar surface area (TPSA) is 178 Å². The van der Waals surface area contributed by atoms with Crippen molar-refractivity contribution in [3.05, 3.63) is 61.7 Å². The van der Waals surface area contributed by atoms with E-state index in [1.165, 1.54) is 10.6 Å². The number of aryl methyl sites for hydroxylation is 1. The highest BCUT2D eigenvalue weighted by Gasteiger charge is 2.46. The Kier molecular flexibility index (Phi) is 10.6. The maximum Gasteiger partial charge on any atom is 0.407 e. The Bertz CT molecular complexity index is 2150. The van der Waals surface area contributed by atoms with Crippen LogP contribution in [0.5, 0.6) is 0 Å². The highest BCUT2D eigenvalue weighted by atomic mass is 19.1. The quantitative estimate of drug-likeness (QED) is 0.156. The van der Waals surface area contributed by atoms with Crippen molar-refractivity contribution in [1.29, 1.82) is 0 Å². The molecule has 2 amide bonds. The first-order chi connectivity index (χ1) is 25.7. The summed E-state index contributed by atoms with van der Waals surface area (Å²) in [5.41, 5.74) is 0.403. The molecular weight excluding hydrogens is 713 g/mol. The molecule has 14 nitrogen and oxygen atoms in total.